The van der Waals surface area contributed by atoms with Crippen LogP contribution in [-0.2, 0) is 0 Å². The zero-order chi connectivity index (χ0) is 20.0. The molecule has 2 aliphatic heterocycles. The number of likely N-dealkylation sites (N-methyl/N-ethyl adjacent to an activating group) is 1. The highest BCUT2D eigenvalue weighted by Crippen LogP contribution is 2.48. The molecule has 29 heavy (non-hydrogen) atoms. The highest BCUT2D eigenvalue weighted by Gasteiger charge is 2.48. The summed E-state index contributed by atoms with van der Waals surface area (Å²) in [7, 11) is 0. The van der Waals surface area contributed by atoms with Crippen molar-refractivity contribution >= 4 is 22.8 Å². The molecule has 0 bridgehead atoms. The van der Waals surface area contributed by atoms with Crippen molar-refractivity contribution in [3.8, 4) is 0 Å². The normalized spacial score (nSPS) is 19.7. The van der Waals surface area contributed by atoms with Crippen LogP contribution in [0.2, 0.25) is 0 Å². The number of nitro groups is 1. The van der Waals surface area contributed by atoms with Crippen LogP contribution in [0.15, 0.2) is 84.0 Å². The third-order valence-corrected chi connectivity index (χ3v) is 5.69. The number of anilines is 2. The average molecular weight is 384 g/mol. The van der Waals surface area contributed by atoms with Crippen molar-refractivity contribution in [1.82, 2.24) is 0 Å². The third kappa shape index (κ3) is 2.68. The molecular formula is C23H20N4O2. The molecule has 0 N–H and O–H groups in total. The Balaban J connectivity index is 1.66. The molecule has 5 rings (SSSR count). The summed E-state index contributed by atoms with van der Waals surface area (Å²) in [6, 6.07) is 25.3. The van der Waals surface area contributed by atoms with E-state index in [1.54, 1.807) is 24.3 Å². The van der Waals surface area contributed by atoms with Gasteiger partial charge in [0.15, 0.2) is 0 Å². The molecule has 0 amide bonds. The first-order valence-electron chi connectivity index (χ1n) is 9.72. The van der Waals surface area contributed by atoms with Crippen molar-refractivity contribution < 1.29 is 4.92 Å². The van der Waals surface area contributed by atoms with Crippen LogP contribution < -0.4 is 9.91 Å². The van der Waals surface area contributed by atoms with E-state index in [0.29, 0.717) is 0 Å². The summed E-state index contributed by atoms with van der Waals surface area (Å²) in [5.74, 6) is 0.0767. The topological polar surface area (TPSA) is 62.0 Å². The number of fused-ring (bicyclic) bond motifs is 3. The number of hydrogen-bond donors (Lipinski definition) is 0. The van der Waals surface area contributed by atoms with E-state index in [1.807, 2.05) is 18.2 Å². The lowest BCUT2D eigenvalue weighted by atomic mass is 9.90. The summed E-state index contributed by atoms with van der Waals surface area (Å²) in [5, 5.41) is 18.2. The van der Waals surface area contributed by atoms with Crippen LogP contribution in [0.4, 0.5) is 17.1 Å². The van der Waals surface area contributed by atoms with Gasteiger partial charge in [-0.3, -0.25) is 10.1 Å². The summed E-state index contributed by atoms with van der Waals surface area (Å²) in [4.78, 5) is 13.1. The average Bonchev–Trinajstić information content (AvgIpc) is 3.30. The molecule has 144 valence electrons. The quantitative estimate of drug-likeness (QED) is 0.480. The third-order valence-electron chi connectivity index (χ3n) is 5.69. The number of rotatable bonds is 4. The van der Waals surface area contributed by atoms with E-state index in [0.717, 1.165) is 23.5 Å². The lowest BCUT2D eigenvalue weighted by Crippen LogP contribution is -2.43. The van der Waals surface area contributed by atoms with Gasteiger partial charge < -0.3 is 4.90 Å². The van der Waals surface area contributed by atoms with E-state index < -0.39 is 0 Å². The molecule has 0 aliphatic carbocycles. The monoisotopic (exact) mass is 384 g/mol. The number of hydrogen-bond acceptors (Lipinski definition) is 5. The lowest BCUT2D eigenvalue weighted by molar-refractivity contribution is -0.384. The van der Waals surface area contributed by atoms with Gasteiger partial charge in [0.1, 0.15) is 6.17 Å². The van der Waals surface area contributed by atoms with Crippen LogP contribution in [0, 0.1) is 10.1 Å². The van der Waals surface area contributed by atoms with Gasteiger partial charge >= 0.3 is 0 Å². The highest BCUT2D eigenvalue weighted by atomic mass is 16.6. The predicted molar refractivity (Wildman–Crippen MR) is 115 cm³/mol. The largest absolute Gasteiger partial charge is 0.349 e. The molecule has 0 spiro atoms. The molecule has 3 aromatic rings. The summed E-state index contributed by atoms with van der Waals surface area (Å²) < 4.78 is 0. The maximum atomic E-state index is 11.1. The molecule has 2 aliphatic rings. The molecule has 2 heterocycles. The first-order valence-corrected chi connectivity index (χ1v) is 9.72. The van der Waals surface area contributed by atoms with Crippen LogP contribution in [-0.4, -0.2) is 23.3 Å². The van der Waals surface area contributed by atoms with Crippen molar-refractivity contribution in [1.29, 1.82) is 0 Å². The van der Waals surface area contributed by atoms with E-state index in [2.05, 4.69) is 53.2 Å². The molecule has 3 aromatic carbocycles. The predicted octanol–water partition coefficient (Wildman–Crippen LogP) is 4.77. The highest BCUT2D eigenvalue weighted by molar-refractivity contribution is 6.10. The van der Waals surface area contributed by atoms with E-state index in [4.69, 9.17) is 5.10 Å². The number of benzene rings is 3. The van der Waals surface area contributed by atoms with Gasteiger partial charge in [-0.05, 0) is 48.4 Å². The number of nitro benzene ring substituents is 1. The van der Waals surface area contributed by atoms with Crippen LogP contribution in [0.25, 0.3) is 0 Å². The maximum absolute atomic E-state index is 11.1. The molecule has 6 nitrogen and oxygen atoms in total. The second-order valence-corrected chi connectivity index (χ2v) is 7.21. The minimum Gasteiger partial charge on any atom is -0.349 e. The molecule has 0 fully saturated rings. The fraction of sp³-hybridized carbons (Fsp3) is 0.174. The Morgan fingerprint density at radius 1 is 0.966 bits per heavy atom. The minimum absolute atomic E-state index is 0.0463. The summed E-state index contributed by atoms with van der Waals surface area (Å²) in [6.07, 6.45) is 0.0463. The van der Waals surface area contributed by atoms with Crippen molar-refractivity contribution in [2.75, 3.05) is 16.5 Å². The van der Waals surface area contributed by atoms with Crippen molar-refractivity contribution in [3.63, 3.8) is 0 Å². The summed E-state index contributed by atoms with van der Waals surface area (Å²) in [5.41, 5.74) is 5.44. The maximum Gasteiger partial charge on any atom is 0.269 e. The minimum atomic E-state index is -0.372. The molecule has 0 saturated heterocycles. The van der Waals surface area contributed by atoms with Crippen molar-refractivity contribution in [2.24, 2.45) is 5.10 Å². The van der Waals surface area contributed by atoms with Crippen molar-refractivity contribution in [2.45, 2.75) is 19.0 Å². The Labute approximate surface area is 168 Å². The molecule has 0 aromatic heterocycles. The van der Waals surface area contributed by atoms with Crippen LogP contribution >= 0.6 is 0 Å². The van der Waals surface area contributed by atoms with Gasteiger partial charge in [0, 0.05) is 24.4 Å². The van der Waals surface area contributed by atoms with Gasteiger partial charge in [-0.2, -0.15) is 5.10 Å². The van der Waals surface area contributed by atoms with Gasteiger partial charge in [0.2, 0.25) is 0 Å². The van der Waals surface area contributed by atoms with Gasteiger partial charge in [-0.1, -0.05) is 36.4 Å². The molecule has 0 radical (unpaired) electrons. The summed E-state index contributed by atoms with van der Waals surface area (Å²) in [6.45, 7) is 3.02. The molecule has 0 unspecified atom stereocenters. The Bertz CT molecular complexity index is 1100. The standard InChI is InChI=1S/C23H20N4O2/c1-2-25-20-11-7-6-10-19(20)21-22(16-12-14-18(15-13-16)27(28)29)24-26(23(21)25)17-8-4-3-5-9-17/h3-15,21,23H,2H2,1H3/t21-,23+/m1/s1. The van der Waals surface area contributed by atoms with Crippen LogP contribution in [0.1, 0.15) is 24.0 Å². The number of hydrazone groups is 1. The Kier molecular flexibility index (Phi) is 4.05. The van der Waals surface area contributed by atoms with Gasteiger partial charge in [-0.25, -0.2) is 5.01 Å². The Morgan fingerprint density at radius 2 is 1.66 bits per heavy atom. The van der Waals surface area contributed by atoms with Gasteiger partial charge in [0.25, 0.3) is 5.69 Å². The Hall–Kier alpha value is -3.67. The smallest absolute Gasteiger partial charge is 0.269 e. The van der Waals surface area contributed by atoms with E-state index in [1.165, 1.54) is 11.3 Å². The molecular weight excluding hydrogens is 364 g/mol. The zero-order valence-corrected chi connectivity index (χ0v) is 16.0. The molecule has 0 saturated carbocycles. The number of nitrogens with zero attached hydrogens (tertiary/aromatic N) is 4. The van der Waals surface area contributed by atoms with Crippen LogP contribution in [0.3, 0.4) is 0 Å². The lowest BCUT2D eigenvalue weighted by Gasteiger charge is -2.32. The first kappa shape index (κ1) is 17.4. The molecule has 6 heteroatoms. The fourth-order valence-corrected chi connectivity index (χ4v) is 4.43. The Morgan fingerprint density at radius 3 is 2.34 bits per heavy atom. The second-order valence-electron chi connectivity index (χ2n) is 7.21. The zero-order valence-electron chi connectivity index (χ0n) is 16.0. The number of para-hydroxylation sites is 2. The van der Waals surface area contributed by atoms with Gasteiger partial charge in [0.05, 0.1) is 22.2 Å². The SMILES string of the molecule is CCN1c2ccccc2[C@@H]2C(c3ccc([N+](=O)[O-])cc3)=NN(c3ccccc3)[C@@H]21. The van der Waals surface area contributed by atoms with E-state index >= 15 is 0 Å². The van der Waals surface area contributed by atoms with E-state index in [-0.39, 0.29) is 22.7 Å². The van der Waals surface area contributed by atoms with Crippen molar-refractivity contribution in [3.05, 3.63) is 100 Å². The van der Waals surface area contributed by atoms with Crippen LogP contribution in [0.5, 0.6) is 0 Å². The van der Waals surface area contributed by atoms with E-state index in [9.17, 15) is 10.1 Å². The molecule has 2 atom stereocenters. The number of non-ortho nitro benzene ring substituents is 1. The van der Waals surface area contributed by atoms with Gasteiger partial charge in [-0.15, -0.1) is 0 Å². The first-order chi connectivity index (χ1) is 14.2. The fourth-order valence-electron chi connectivity index (χ4n) is 4.43. The summed E-state index contributed by atoms with van der Waals surface area (Å²) >= 11 is 0. The second kappa shape index (κ2) is 6.74.